The summed E-state index contributed by atoms with van der Waals surface area (Å²) in [7, 11) is 2.13. The molecule has 2 fully saturated rings. The summed E-state index contributed by atoms with van der Waals surface area (Å²) in [4.78, 5) is 0. The van der Waals surface area contributed by atoms with Crippen molar-refractivity contribution in [2.45, 2.75) is 51.0 Å². The number of hydrogen-bond donors (Lipinski definition) is 1. The Morgan fingerprint density at radius 1 is 1.00 bits per heavy atom. The van der Waals surface area contributed by atoms with Gasteiger partial charge in [0.2, 0.25) is 0 Å². The van der Waals surface area contributed by atoms with Crippen LogP contribution in [0.25, 0.3) is 0 Å². The summed E-state index contributed by atoms with van der Waals surface area (Å²) in [6, 6.07) is 0.714. The van der Waals surface area contributed by atoms with Gasteiger partial charge in [-0.1, -0.05) is 25.7 Å². The van der Waals surface area contributed by atoms with E-state index in [0.717, 1.165) is 25.0 Å². The van der Waals surface area contributed by atoms with E-state index in [1.807, 2.05) is 0 Å². The summed E-state index contributed by atoms with van der Waals surface area (Å²) >= 11 is 0. The van der Waals surface area contributed by atoms with Crippen LogP contribution in [-0.4, -0.2) is 26.3 Å². The summed E-state index contributed by atoms with van der Waals surface area (Å²) in [6.07, 6.45) is 9.92. The van der Waals surface area contributed by atoms with Gasteiger partial charge in [0.25, 0.3) is 0 Å². The molecule has 0 aromatic carbocycles. The summed E-state index contributed by atoms with van der Waals surface area (Å²) < 4.78 is 5.52. The van der Waals surface area contributed by atoms with Crippen LogP contribution in [0.5, 0.6) is 0 Å². The van der Waals surface area contributed by atoms with Gasteiger partial charge in [0, 0.05) is 18.6 Å². The maximum Gasteiger partial charge on any atom is 0.0510 e. The minimum Gasteiger partial charge on any atom is -0.381 e. The molecule has 0 aromatic rings. The third-order valence-electron chi connectivity index (χ3n) is 4.21. The zero-order chi connectivity index (χ0) is 10.5. The van der Waals surface area contributed by atoms with Crippen molar-refractivity contribution in [3.63, 3.8) is 0 Å². The fraction of sp³-hybridized carbons (Fsp3) is 1.00. The first-order valence-electron chi connectivity index (χ1n) is 6.67. The number of rotatable bonds is 3. The van der Waals surface area contributed by atoms with Crippen LogP contribution >= 0.6 is 0 Å². The lowest BCUT2D eigenvalue weighted by Crippen LogP contribution is -2.40. The van der Waals surface area contributed by atoms with Crippen molar-refractivity contribution < 1.29 is 4.74 Å². The highest BCUT2D eigenvalue weighted by Gasteiger charge is 2.30. The van der Waals surface area contributed by atoms with Crippen molar-refractivity contribution in [1.82, 2.24) is 5.32 Å². The number of ether oxygens (including phenoxy) is 1. The highest BCUT2D eigenvalue weighted by atomic mass is 16.5. The molecular weight excluding hydrogens is 186 g/mol. The predicted molar refractivity (Wildman–Crippen MR) is 63.0 cm³/mol. The van der Waals surface area contributed by atoms with E-state index in [-0.39, 0.29) is 0 Å². The molecule has 88 valence electrons. The van der Waals surface area contributed by atoms with Gasteiger partial charge in [0.15, 0.2) is 0 Å². The van der Waals surface area contributed by atoms with Gasteiger partial charge >= 0.3 is 0 Å². The van der Waals surface area contributed by atoms with Crippen molar-refractivity contribution in [3.8, 4) is 0 Å². The normalized spacial score (nSPS) is 31.4. The lowest BCUT2D eigenvalue weighted by molar-refractivity contribution is 0.163. The van der Waals surface area contributed by atoms with E-state index in [1.165, 1.54) is 44.9 Å². The number of nitrogens with one attached hydrogen (secondary N) is 1. The molecule has 0 amide bonds. The standard InChI is InChI=1S/C13H25NO/c1-14-13(12-8-9-15-10-12)11-6-4-2-3-5-7-11/h11-14H,2-10H2,1H3. The molecule has 0 bridgehead atoms. The zero-order valence-corrected chi connectivity index (χ0v) is 10.0. The van der Waals surface area contributed by atoms with Crippen LogP contribution < -0.4 is 5.32 Å². The third kappa shape index (κ3) is 2.94. The zero-order valence-electron chi connectivity index (χ0n) is 10.0. The average Bonchev–Trinajstić information content (AvgIpc) is 2.63. The largest absolute Gasteiger partial charge is 0.381 e. The van der Waals surface area contributed by atoms with Gasteiger partial charge in [-0.25, -0.2) is 0 Å². The monoisotopic (exact) mass is 211 g/mol. The minimum atomic E-state index is 0.714. The second kappa shape index (κ2) is 5.86. The quantitative estimate of drug-likeness (QED) is 0.724. The van der Waals surface area contributed by atoms with E-state index in [1.54, 1.807) is 0 Å². The Bertz CT molecular complexity index is 169. The van der Waals surface area contributed by atoms with Gasteiger partial charge < -0.3 is 10.1 Å². The summed E-state index contributed by atoms with van der Waals surface area (Å²) in [5, 5.41) is 3.56. The van der Waals surface area contributed by atoms with Crippen molar-refractivity contribution >= 4 is 0 Å². The van der Waals surface area contributed by atoms with Crippen molar-refractivity contribution in [1.29, 1.82) is 0 Å². The summed E-state index contributed by atoms with van der Waals surface area (Å²) in [5.74, 6) is 1.68. The smallest absolute Gasteiger partial charge is 0.0510 e. The molecule has 0 aromatic heterocycles. The Morgan fingerprint density at radius 2 is 1.73 bits per heavy atom. The van der Waals surface area contributed by atoms with Crippen LogP contribution in [0.1, 0.15) is 44.9 Å². The van der Waals surface area contributed by atoms with Gasteiger partial charge in [-0.15, -0.1) is 0 Å². The molecule has 1 N–H and O–H groups in total. The molecule has 1 saturated heterocycles. The first-order chi connectivity index (χ1) is 7.42. The van der Waals surface area contributed by atoms with Crippen LogP contribution in [0.15, 0.2) is 0 Å². The summed E-state index contributed by atoms with van der Waals surface area (Å²) in [6.45, 7) is 1.97. The van der Waals surface area contributed by atoms with E-state index >= 15 is 0 Å². The Hall–Kier alpha value is -0.0800. The topological polar surface area (TPSA) is 21.3 Å². The molecule has 1 heterocycles. The molecule has 15 heavy (non-hydrogen) atoms. The van der Waals surface area contributed by atoms with Crippen LogP contribution in [-0.2, 0) is 4.74 Å². The fourth-order valence-corrected chi connectivity index (χ4v) is 3.36. The second-order valence-electron chi connectivity index (χ2n) is 5.19. The third-order valence-corrected chi connectivity index (χ3v) is 4.21. The molecule has 2 rings (SSSR count). The molecule has 0 radical (unpaired) electrons. The van der Waals surface area contributed by atoms with Crippen LogP contribution in [0.3, 0.4) is 0 Å². The van der Waals surface area contributed by atoms with E-state index in [0.29, 0.717) is 6.04 Å². The molecule has 2 heteroatoms. The van der Waals surface area contributed by atoms with Gasteiger partial charge in [-0.2, -0.15) is 0 Å². The van der Waals surface area contributed by atoms with Crippen LogP contribution in [0.2, 0.25) is 0 Å². The molecule has 0 spiro atoms. The van der Waals surface area contributed by atoms with E-state index in [2.05, 4.69) is 12.4 Å². The summed E-state index contributed by atoms with van der Waals surface area (Å²) in [5.41, 5.74) is 0. The van der Waals surface area contributed by atoms with Gasteiger partial charge in [0.05, 0.1) is 6.61 Å². The van der Waals surface area contributed by atoms with Crippen LogP contribution in [0.4, 0.5) is 0 Å². The van der Waals surface area contributed by atoms with Crippen molar-refractivity contribution in [2.75, 3.05) is 20.3 Å². The maximum absolute atomic E-state index is 5.52. The van der Waals surface area contributed by atoms with E-state index < -0.39 is 0 Å². The first kappa shape index (κ1) is 11.4. The van der Waals surface area contributed by atoms with Gasteiger partial charge in [0.1, 0.15) is 0 Å². The molecule has 2 atom stereocenters. The van der Waals surface area contributed by atoms with Crippen molar-refractivity contribution in [3.05, 3.63) is 0 Å². The minimum absolute atomic E-state index is 0.714. The van der Waals surface area contributed by atoms with E-state index in [9.17, 15) is 0 Å². The second-order valence-corrected chi connectivity index (χ2v) is 5.19. The average molecular weight is 211 g/mol. The van der Waals surface area contributed by atoms with Crippen LogP contribution in [0, 0.1) is 11.8 Å². The van der Waals surface area contributed by atoms with E-state index in [4.69, 9.17) is 4.74 Å². The maximum atomic E-state index is 5.52. The molecule has 2 nitrogen and oxygen atoms in total. The lowest BCUT2D eigenvalue weighted by Gasteiger charge is -2.30. The highest BCUT2D eigenvalue weighted by molar-refractivity contribution is 4.85. The molecule has 2 aliphatic rings. The molecule has 1 aliphatic heterocycles. The highest BCUT2D eigenvalue weighted by Crippen LogP contribution is 2.31. The first-order valence-corrected chi connectivity index (χ1v) is 6.67. The van der Waals surface area contributed by atoms with Crippen molar-refractivity contribution in [2.24, 2.45) is 11.8 Å². The molecule has 1 saturated carbocycles. The Balaban J connectivity index is 1.91. The van der Waals surface area contributed by atoms with Gasteiger partial charge in [-0.3, -0.25) is 0 Å². The SMILES string of the molecule is CNC(C1CCCCCC1)C1CCOC1. The Labute approximate surface area is 93.8 Å². The lowest BCUT2D eigenvalue weighted by atomic mass is 9.83. The fourth-order valence-electron chi connectivity index (χ4n) is 3.36. The Kier molecular flexibility index (Phi) is 4.45. The molecular formula is C13H25NO. The molecule has 1 aliphatic carbocycles. The van der Waals surface area contributed by atoms with Gasteiger partial charge in [-0.05, 0) is 32.2 Å². The number of hydrogen-bond acceptors (Lipinski definition) is 2. The predicted octanol–water partition coefficient (Wildman–Crippen LogP) is 2.58. The molecule has 2 unspecified atom stereocenters. The Morgan fingerprint density at radius 3 is 2.27 bits per heavy atom.